The summed E-state index contributed by atoms with van der Waals surface area (Å²) in [5.74, 6) is -0.258. The van der Waals surface area contributed by atoms with E-state index in [1.165, 1.54) is 6.92 Å². The number of rotatable bonds is 5. The van der Waals surface area contributed by atoms with Crippen LogP contribution in [-0.4, -0.2) is 33.1 Å². The first-order chi connectivity index (χ1) is 10.5. The normalized spacial score (nSPS) is 14.5. The van der Waals surface area contributed by atoms with Crippen LogP contribution < -0.4 is 0 Å². The second-order valence-electron chi connectivity index (χ2n) is 6.07. The number of Topliss-reactive ketones (excluding diaryl/α,β-unsaturated/α-hetero) is 1. The van der Waals surface area contributed by atoms with E-state index in [0.29, 0.717) is 22.5 Å². The molecule has 0 spiro atoms. The Kier molecular flexibility index (Phi) is 3.68. The van der Waals surface area contributed by atoms with Crippen molar-refractivity contribution in [2.24, 2.45) is 0 Å². The van der Waals surface area contributed by atoms with Crippen molar-refractivity contribution in [3.8, 4) is 0 Å². The Hall–Kier alpha value is -2.24. The minimum atomic E-state index is -0.493. The third-order valence-corrected chi connectivity index (χ3v) is 3.70. The fraction of sp³-hybridized carbons (Fsp3) is 0.500. The van der Waals surface area contributed by atoms with Gasteiger partial charge in [-0.25, -0.2) is 14.5 Å². The van der Waals surface area contributed by atoms with Crippen molar-refractivity contribution >= 4 is 22.8 Å². The zero-order valence-corrected chi connectivity index (χ0v) is 13.0. The molecule has 2 aromatic rings. The van der Waals surface area contributed by atoms with Crippen molar-refractivity contribution in [2.45, 2.75) is 45.6 Å². The molecule has 3 rings (SSSR count). The lowest BCUT2D eigenvalue weighted by Crippen LogP contribution is -2.13. The molecule has 0 saturated heterocycles. The predicted octanol–water partition coefficient (Wildman–Crippen LogP) is 2.64. The fourth-order valence-electron chi connectivity index (χ4n) is 2.42. The molecule has 2 aromatic heterocycles. The van der Waals surface area contributed by atoms with Crippen LogP contribution in [0.3, 0.4) is 0 Å². The third kappa shape index (κ3) is 2.73. The summed E-state index contributed by atoms with van der Waals surface area (Å²) >= 11 is 0. The Morgan fingerprint density at radius 3 is 2.73 bits per heavy atom. The van der Waals surface area contributed by atoms with Gasteiger partial charge in [0.25, 0.3) is 0 Å². The number of aromatic nitrogens is 3. The molecule has 1 fully saturated rings. The van der Waals surface area contributed by atoms with E-state index >= 15 is 0 Å². The fourth-order valence-corrected chi connectivity index (χ4v) is 2.42. The van der Waals surface area contributed by atoms with Crippen LogP contribution in [0.4, 0.5) is 0 Å². The molecule has 1 saturated carbocycles. The Morgan fingerprint density at radius 2 is 2.14 bits per heavy atom. The van der Waals surface area contributed by atoms with E-state index in [1.54, 1.807) is 12.3 Å². The van der Waals surface area contributed by atoms with Crippen LogP contribution in [0.1, 0.15) is 61.6 Å². The van der Waals surface area contributed by atoms with Gasteiger partial charge in [-0.1, -0.05) is 0 Å². The third-order valence-electron chi connectivity index (χ3n) is 3.70. The van der Waals surface area contributed by atoms with E-state index in [2.05, 4.69) is 10.1 Å². The molecule has 0 bridgehead atoms. The second-order valence-corrected chi connectivity index (χ2v) is 6.07. The largest absolute Gasteiger partial charge is 0.454 e. The number of nitrogens with zero attached hydrogens (tertiary/aromatic N) is 3. The molecule has 0 N–H and O–H groups in total. The van der Waals surface area contributed by atoms with Gasteiger partial charge in [-0.3, -0.25) is 4.79 Å². The molecule has 0 aliphatic heterocycles. The van der Waals surface area contributed by atoms with E-state index in [0.717, 1.165) is 18.5 Å². The van der Waals surface area contributed by atoms with Gasteiger partial charge >= 0.3 is 5.97 Å². The lowest BCUT2D eigenvalue weighted by molar-refractivity contribution is -0.120. The van der Waals surface area contributed by atoms with Crippen LogP contribution in [0, 0.1) is 0 Å². The Morgan fingerprint density at radius 1 is 1.41 bits per heavy atom. The number of fused-ring (bicyclic) bond motifs is 1. The molecule has 0 unspecified atom stereocenters. The van der Waals surface area contributed by atoms with E-state index in [1.807, 2.05) is 18.5 Å². The van der Waals surface area contributed by atoms with Crippen molar-refractivity contribution < 1.29 is 14.3 Å². The van der Waals surface area contributed by atoms with Gasteiger partial charge in [0, 0.05) is 17.7 Å². The predicted molar refractivity (Wildman–Crippen MR) is 80.9 cm³/mol. The van der Waals surface area contributed by atoms with E-state index in [9.17, 15) is 9.59 Å². The van der Waals surface area contributed by atoms with Crippen LogP contribution in [-0.2, 0) is 9.53 Å². The van der Waals surface area contributed by atoms with Gasteiger partial charge in [0.15, 0.2) is 11.4 Å². The van der Waals surface area contributed by atoms with E-state index in [-0.39, 0.29) is 18.4 Å². The lowest BCUT2D eigenvalue weighted by atomic mass is 10.1. The monoisotopic (exact) mass is 301 g/mol. The topological polar surface area (TPSA) is 74.1 Å². The average Bonchev–Trinajstić information content (AvgIpc) is 3.22. The molecule has 0 aromatic carbocycles. The summed E-state index contributed by atoms with van der Waals surface area (Å²) in [5, 5.41) is 5.01. The maximum atomic E-state index is 12.3. The van der Waals surface area contributed by atoms with Crippen LogP contribution >= 0.6 is 0 Å². The van der Waals surface area contributed by atoms with Gasteiger partial charge in [-0.15, -0.1) is 0 Å². The minimum absolute atomic E-state index is 0.153. The van der Waals surface area contributed by atoms with E-state index in [4.69, 9.17) is 4.74 Å². The lowest BCUT2D eigenvalue weighted by Gasteiger charge is -2.10. The van der Waals surface area contributed by atoms with Gasteiger partial charge in [-0.2, -0.15) is 5.10 Å². The summed E-state index contributed by atoms with van der Waals surface area (Å²) in [6, 6.07) is 1.94. The van der Waals surface area contributed by atoms with Crippen LogP contribution in [0.2, 0.25) is 0 Å². The number of hydrogen-bond acceptors (Lipinski definition) is 5. The molecule has 0 amide bonds. The Balaban J connectivity index is 2.07. The van der Waals surface area contributed by atoms with Crippen molar-refractivity contribution in [2.75, 3.05) is 6.61 Å². The highest BCUT2D eigenvalue weighted by Crippen LogP contribution is 2.40. The van der Waals surface area contributed by atoms with Gasteiger partial charge < -0.3 is 4.74 Å². The number of ketones is 1. The maximum absolute atomic E-state index is 12.3. The van der Waals surface area contributed by atoms with E-state index < -0.39 is 5.97 Å². The molecule has 1 aliphatic carbocycles. The molecule has 0 atom stereocenters. The summed E-state index contributed by atoms with van der Waals surface area (Å²) in [7, 11) is 0. The summed E-state index contributed by atoms with van der Waals surface area (Å²) < 4.78 is 6.88. The molecule has 6 heteroatoms. The number of esters is 1. The number of carbonyl (C=O) groups is 2. The second kappa shape index (κ2) is 5.51. The summed E-state index contributed by atoms with van der Waals surface area (Å²) in [4.78, 5) is 28.0. The molecule has 1 aliphatic rings. The number of pyridine rings is 1. The molecule has 6 nitrogen and oxygen atoms in total. The highest BCUT2D eigenvalue weighted by atomic mass is 16.5. The SMILES string of the molecule is CC(=O)COC(=O)c1cc(C2CC2)nc2c1cnn2C(C)C. The number of hydrogen-bond donors (Lipinski definition) is 0. The molecule has 116 valence electrons. The average molecular weight is 301 g/mol. The first-order valence-electron chi connectivity index (χ1n) is 7.52. The van der Waals surface area contributed by atoms with Crippen molar-refractivity contribution in [1.82, 2.24) is 14.8 Å². The standard InChI is InChI=1S/C16H19N3O3/c1-9(2)19-15-13(7-17-19)12(16(21)22-8-10(3)20)6-14(18-15)11-4-5-11/h6-7,9,11H,4-5,8H2,1-3H3. The van der Waals surface area contributed by atoms with Crippen molar-refractivity contribution in [3.05, 3.63) is 23.5 Å². The summed E-state index contributed by atoms with van der Waals surface area (Å²) in [5.41, 5.74) is 2.05. The zero-order chi connectivity index (χ0) is 15.9. The molecular weight excluding hydrogens is 282 g/mol. The summed E-state index contributed by atoms with van der Waals surface area (Å²) in [6.07, 6.45) is 3.83. The first-order valence-corrected chi connectivity index (χ1v) is 7.52. The zero-order valence-electron chi connectivity index (χ0n) is 13.0. The van der Waals surface area contributed by atoms with Gasteiger partial charge in [0.2, 0.25) is 0 Å². The first kappa shape index (κ1) is 14.7. The highest BCUT2D eigenvalue weighted by Gasteiger charge is 2.28. The molecular formula is C16H19N3O3. The Labute approximate surface area is 128 Å². The van der Waals surface area contributed by atoms with Crippen molar-refractivity contribution in [1.29, 1.82) is 0 Å². The smallest absolute Gasteiger partial charge is 0.339 e. The van der Waals surface area contributed by atoms with Gasteiger partial charge in [0.1, 0.15) is 6.61 Å². The number of ether oxygens (including phenoxy) is 1. The quantitative estimate of drug-likeness (QED) is 0.794. The van der Waals surface area contributed by atoms with Gasteiger partial charge in [-0.05, 0) is 39.7 Å². The maximum Gasteiger partial charge on any atom is 0.339 e. The van der Waals surface area contributed by atoms with Gasteiger partial charge in [0.05, 0.1) is 17.1 Å². The summed E-state index contributed by atoms with van der Waals surface area (Å²) in [6.45, 7) is 5.22. The number of carbonyl (C=O) groups excluding carboxylic acids is 2. The minimum Gasteiger partial charge on any atom is -0.454 e. The molecule has 22 heavy (non-hydrogen) atoms. The molecule has 2 heterocycles. The highest BCUT2D eigenvalue weighted by molar-refractivity contribution is 6.03. The van der Waals surface area contributed by atoms with Crippen LogP contribution in [0.25, 0.3) is 11.0 Å². The Bertz CT molecular complexity index is 744. The van der Waals surface area contributed by atoms with Crippen molar-refractivity contribution in [3.63, 3.8) is 0 Å². The molecule has 0 radical (unpaired) electrons. The van der Waals surface area contributed by atoms with Crippen LogP contribution in [0.5, 0.6) is 0 Å². The van der Waals surface area contributed by atoms with Crippen LogP contribution in [0.15, 0.2) is 12.3 Å².